The van der Waals surface area contributed by atoms with E-state index in [-0.39, 0.29) is 5.41 Å². The molecule has 1 fully saturated rings. The average molecular weight is 276 g/mol. The molecule has 0 spiro atoms. The van der Waals surface area contributed by atoms with Crippen LogP contribution in [0.4, 0.5) is 0 Å². The van der Waals surface area contributed by atoms with Crippen molar-refractivity contribution in [2.24, 2.45) is 16.6 Å². The topological polar surface area (TPSA) is 58.3 Å². The highest BCUT2D eigenvalue weighted by atomic mass is 16.3. The molecule has 2 rings (SSSR count). The Bertz CT molecular complexity index is 458. The number of phenolic OH excluding ortho intramolecular Hbond substituents is 1. The fraction of sp³-hybridized carbons (Fsp3) is 0.647. The Morgan fingerprint density at radius 3 is 2.60 bits per heavy atom. The number of nitrogens with two attached hydrogens (primary N) is 1. The molecular formula is C17H28N2O. The summed E-state index contributed by atoms with van der Waals surface area (Å²) in [6.07, 6.45) is 3.38. The van der Waals surface area contributed by atoms with Crippen molar-refractivity contribution in [3.05, 3.63) is 29.8 Å². The van der Waals surface area contributed by atoms with Gasteiger partial charge in [-0.1, -0.05) is 39.0 Å². The number of rotatable bonds is 4. The van der Waals surface area contributed by atoms with Gasteiger partial charge in [0.15, 0.2) is 0 Å². The van der Waals surface area contributed by atoms with Crippen LogP contribution in [0.2, 0.25) is 0 Å². The zero-order valence-corrected chi connectivity index (χ0v) is 12.9. The number of aromatic hydroxyl groups is 1. The maximum Gasteiger partial charge on any atom is 0.120 e. The van der Waals surface area contributed by atoms with E-state index in [1.807, 2.05) is 18.2 Å². The second kappa shape index (κ2) is 5.74. The van der Waals surface area contributed by atoms with E-state index in [2.05, 4.69) is 26.1 Å². The molecule has 3 nitrogen and oxygen atoms in total. The van der Waals surface area contributed by atoms with Crippen molar-refractivity contribution in [2.75, 3.05) is 6.54 Å². The number of hydrogen-bond acceptors (Lipinski definition) is 3. The Hall–Kier alpha value is -1.06. The van der Waals surface area contributed by atoms with Crippen molar-refractivity contribution >= 4 is 0 Å². The first-order valence-corrected chi connectivity index (χ1v) is 7.53. The molecule has 3 heteroatoms. The summed E-state index contributed by atoms with van der Waals surface area (Å²) in [5.41, 5.74) is 7.74. The van der Waals surface area contributed by atoms with Crippen molar-refractivity contribution in [3.63, 3.8) is 0 Å². The average Bonchev–Trinajstić information content (AvgIpc) is 2.28. The minimum Gasteiger partial charge on any atom is -0.508 e. The molecule has 0 amide bonds. The second-order valence-corrected chi connectivity index (χ2v) is 7.55. The van der Waals surface area contributed by atoms with E-state index in [1.54, 1.807) is 6.07 Å². The van der Waals surface area contributed by atoms with Crippen molar-refractivity contribution in [2.45, 2.75) is 52.6 Å². The van der Waals surface area contributed by atoms with Crippen LogP contribution in [-0.2, 0) is 6.54 Å². The molecule has 1 aromatic carbocycles. The maximum absolute atomic E-state index is 9.78. The number of hydrogen-bond donors (Lipinski definition) is 3. The third-order valence-corrected chi connectivity index (χ3v) is 4.33. The van der Waals surface area contributed by atoms with E-state index in [4.69, 9.17) is 5.73 Å². The highest BCUT2D eigenvalue weighted by Crippen LogP contribution is 2.45. The molecule has 0 aromatic heterocycles. The molecule has 2 atom stereocenters. The van der Waals surface area contributed by atoms with Crippen LogP contribution in [0.15, 0.2) is 24.3 Å². The van der Waals surface area contributed by atoms with Gasteiger partial charge in [0.05, 0.1) is 0 Å². The van der Waals surface area contributed by atoms with Gasteiger partial charge in [-0.3, -0.25) is 0 Å². The molecule has 20 heavy (non-hydrogen) atoms. The number of nitrogens with one attached hydrogen (secondary N) is 1. The smallest absolute Gasteiger partial charge is 0.120 e. The third-order valence-electron chi connectivity index (χ3n) is 4.33. The van der Waals surface area contributed by atoms with Crippen LogP contribution >= 0.6 is 0 Å². The minimum atomic E-state index is 0.242. The normalized spacial score (nSPS) is 29.3. The Morgan fingerprint density at radius 2 is 1.95 bits per heavy atom. The lowest BCUT2D eigenvalue weighted by atomic mass is 9.63. The lowest BCUT2D eigenvalue weighted by molar-refractivity contribution is 0.0824. The second-order valence-electron chi connectivity index (χ2n) is 7.55. The quantitative estimate of drug-likeness (QED) is 0.792. The van der Waals surface area contributed by atoms with Gasteiger partial charge in [0.2, 0.25) is 0 Å². The predicted octanol–water partition coefficient (Wildman–Crippen LogP) is 3.03. The first-order chi connectivity index (χ1) is 9.30. The first kappa shape index (κ1) is 15.3. The summed E-state index contributed by atoms with van der Waals surface area (Å²) in [6, 6.07) is 7.80. The predicted molar refractivity (Wildman–Crippen MR) is 83.5 cm³/mol. The molecule has 0 aliphatic heterocycles. The van der Waals surface area contributed by atoms with Crippen molar-refractivity contribution < 1.29 is 5.11 Å². The summed E-state index contributed by atoms with van der Waals surface area (Å²) >= 11 is 0. The van der Waals surface area contributed by atoms with E-state index in [0.29, 0.717) is 23.8 Å². The van der Waals surface area contributed by atoms with Crippen LogP contribution in [0.5, 0.6) is 5.75 Å². The summed E-state index contributed by atoms with van der Waals surface area (Å²) in [5, 5.41) is 13.3. The molecule has 2 unspecified atom stereocenters. The zero-order valence-electron chi connectivity index (χ0n) is 12.9. The molecule has 112 valence electrons. The molecule has 4 N–H and O–H groups in total. The summed E-state index contributed by atoms with van der Waals surface area (Å²) in [6.45, 7) is 8.60. The van der Waals surface area contributed by atoms with Gasteiger partial charge >= 0.3 is 0 Å². The van der Waals surface area contributed by atoms with E-state index in [1.165, 1.54) is 6.42 Å². The number of benzene rings is 1. The first-order valence-electron chi connectivity index (χ1n) is 7.53. The Kier molecular flexibility index (Phi) is 4.40. The molecule has 0 heterocycles. The highest BCUT2D eigenvalue weighted by molar-refractivity contribution is 5.31. The Morgan fingerprint density at radius 1 is 1.25 bits per heavy atom. The summed E-state index contributed by atoms with van der Waals surface area (Å²) in [5.74, 6) is 0.367. The van der Waals surface area contributed by atoms with Crippen molar-refractivity contribution in [1.82, 2.24) is 5.32 Å². The Balaban J connectivity index is 1.91. The van der Waals surface area contributed by atoms with Crippen molar-refractivity contribution in [3.8, 4) is 5.75 Å². The highest BCUT2D eigenvalue weighted by Gasteiger charge is 2.39. The van der Waals surface area contributed by atoms with Crippen LogP contribution in [0, 0.1) is 10.8 Å². The molecule has 1 aromatic rings. The molecular weight excluding hydrogens is 248 g/mol. The van der Waals surface area contributed by atoms with Crippen molar-refractivity contribution in [1.29, 1.82) is 0 Å². The van der Waals surface area contributed by atoms with Crippen LogP contribution in [0.1, 0.15) is 45.6 Å². The summed E-state index contributed by atoms with van der Waals surface area (Å²) in [7, 11) is 0. The monoisotopic (exact) mass is 276 g/mol. The van der Waals surface area contributed by atoms with Crippen LogP contribution in [-0.4, -0.2) is 17.7 Å². The molecule has 1 aliphatic rings. The summed E-state index contributed by atoms with van der Waals surface area (Å²) < 4.78 is 0. The SMILES string of the molecule is CC1(C)CC(N)CC(C)(CNCc2ccccc2O)C1. The minimum absolute atomic E-state index is 0.242. The number of phenols is 1. The lowest BCUT2D eigenvalue weighted by Gasteiger charge is -2.46. The standard InChI is InChI=1S/C17H28N2O/c1-16(2)8-14(18)9-17(3,11-16)12-19-10-13-6-4-5-7-15(13)20/h4-7,14,19-20H,8-12,18H2,1-3H3. The van der Waals surface area contributed by atoms with Crippen LogP contribution in [0.3, 0.4) is 0 Å². The molecule has 1 aliphatic carbocycles. The zero-order chi connectivity index (χ0) is 14.8. The van der Waals surface area contributed by atoms with Gasteiger partial charge in [-0.2, -0.15) is 0 Å². The van der Waals surface area contributed by atoms with E-state index < -0.39 is 0 Å². The van der Waals surface area contributed by atoms with Crippen LogP contribution < -0.4 is 11.1 Å². The van der Waals surface area contributed by atoms with E-state index in [9.17, 15) is 5.11 Å². The Labute approximate surface area is 122 Å². The van der Waals surface area contributed by atoms with Gasteiger partial charge in [0, 0.05) is 24.7 Å². The fourth-order valence-corrected chi connectivity index (χ4v) is 4.01. The molecule has 0 saturated heterocycles. The maximum atomic E-state index is 9.78. The van der Waals surface area contributed by atoms with Gasteiger partial charge in [-0.05, 0) is 36.2 Å². The van der Waals surface area contributed by atoms with E-state index in [0.717, 1.165) is 24.9 Å². The summed E-state index contributed by atoms with van der Waals surface area (Å²) in [4.78, 5) is 0. The van der Waals surface area contributed by atoms with Crippen LogP contribution in [0.25, 0.3) is 0 Å². The third kappa shape index (κ3) is 3.97. The molecule has 0 bridgehead atoms. The van der Waals surface area contributed by atoms with Gasteiger partial charge in [0.1, 0.15) is 5.75 Å². The van der Waals surface area contributed by atoms with Gasteiger partial charge in [-0.15, -0.1) is 0 Å². The largest absolute Gasteiger partial charge is 0.508 e. The van der Waals surface area contributed by atoms with Gasteiger partial charge in [0.25, 0.3) is 0 Å². The number of para-hydroxylation sites is 1. The fourth-order valence-electron chi connectivity index (χ4n) is 4.01. The van der Waals surface area contributed by atoms with Gasteiger partial charge < -0.3 is 16.2 Å². The lowest BCUT2D eigenvalue weighted by Crippen LogP contribution is -2.46. The van der Waals surface area contributed by atoms with Gasteiger partial charge in [-0.25, -0.2) is 0 Å². The molecule has 0 radical (unpaired) electrons. The molecule has 1 saturated carbocycles. The van der Waals surface area contributed by atoms with E-state index >= 15 is 0 Å².